The molecule has 0 radical (unpaired) electrons. The third kappa shape index (κ3) is 1.16. The second-order valence-corrected chi connectivity index (χ2v) is 2.97. The highest BCUT2D eigenvalue weighted by Crippen LogP contribution is 2.19. The SMILES string of the molecule is FC1=CC=CNC1C1CNC1. The molecule has 1 atom stereocenters. The molecule has 0 aromatic heterocycles. The van der Waals surface area contributed by atoms with Crippen LogP contribution in [0.2, 0.25) is 0 Å². The lowest BCUT2D eigenvalue weighted by molar-refractivity contribution is 0.268. The zero-order chi connectivity index (χ0) is 7.68. The Balaban J connectivity index is 2.03. The molecule has 0 spiro atoms. The van der Waals surface area contributed by atoms with E-state index < -0.39 is 0 Å². The first-order chi connectivity index (χ1) is 5.38. The fourth-order valence-corrected chi connectivity index (χ4v) is 1.39. The highest BCUT2D eigenvalue weighted by atomic mass is 19.1. The van der Waals surface area contributed by atoms with Gasteiger partial charge in [-0.1, -0.05) is 0 Å². The molecule has 2 heterocycles. The lowest BCUT2D eigenvalue weighted by Gasteiger charge is -2.34. The monoisotopic (exact) mass is 154 g/mol. The van der Waals surface area contributed by atoms with Gasteiger partial charge in [0.25, 0.3) is 0 Å². The highest BCUT2D eigenvalue weighted by molar-refractivity contribution is 5.19. The molecule has 2 N–H and O–H groups in total. The molecule has 1 unspecified atom stereocenters. The summed E-state index contributed by atoms with van der Waals surface area (Å²) in [6, 6.07) is -0.0822. The van der Waals surface area contributed by atoms with Gasteiger partial charge in [-0.2, -0.15) is 0 Å². The van der Waals surface area contributed by atoms with Gasteiger partial charge in [-0.3, -0.25) is 0 Å². The van der Waals surface area contributed by atoms with E-state index in [-0.39, 0.29) is 11.9 Å². The van der Waals surface area contributed by atoms with E-state index in [2.05, 4.69) is 10.6 Å². The summed E-state index contributed by atoms with van der Waals surface area (Å²) in [6.45, 7) is 1.85. The van der Waals surface area contributed by atoms with E-state index >= 15 is 0 Å². The number of nitrogens with one attached hydrogen (secondary N) is 2. The maximum Gasteiger partial charge on any atom is 0.123 e. The zero-order valence-electron chi connectivity index (χ0n) is 6.18. The van der Waals surface area contributed by atoms with Gasteiger partial charge in [0.05, 0.1) is 6.04 Å². The molecule has 0 bridgehead atoms. The van der Waals surface area contributed by atoms with E-state index in [1.165, 1.54) is 6.08 Å². The molecular weight excluding hydrogens is 143 g/mol. The van der Waals surface area contributed by atoms with E-state index in [0.29, 0.717) is 5.92 Å². The van der Waals surface area contributed by atoms with Gasteiger partial charge in [0.15, 0.2) is 0 Å². The Hall–Kier alpha value is -0.830. The molecule has 2 rings (SSSR count). The van der Waals surface area contributed by atoms with Crippen LogP contribution >= 0.6 is 0 Å². The molecule has 0 aromatic rings. The van der Waals surface area contributed by atoms with Crippen molar-refractivity contribution in [2.24, 2.45) is 5.92 Å². The number of halogens is 1. The standard InChI is InChI=1S/C8H11FN2/c9-7-2-1-3-11-8(7)6-4-10-5-6/h1-3,6,8,10-11H,4-5H2. The summed E-state index contributed by atoms with van der Waals surface area (Å²) in [5.41, 5.74) is 0. The molecule has 2 aliphatic rings. The summed E-state index contributed by atoms with van der Waals surface area (Å²) in [5.74, 6) is 0.384. The average molecular weight is 154 g/mol. The van der Waals surface area contributed by atoms with Crippen molar-refractivity contribution in [3.8, 4) is 0 Å². The average Bonchev–Trinajstić information content (AvgIpc) is 1.90. The van der Waals surface area contributed by atoms with Gasteiger partial charge in [-0.05, 0) is 18.4 Å². The summed E-state index contributed by atoms with van der Waals surface area (Å²) < 4.78 is 13.0. The maximum absolute atomic E-state index is 13.0. The van der Waals surface area contributed by atoms with Gasteiger partial charge in [0.2, 0.25) is 0 Å². The number of allylic oxidation sites excluding steroid dienone is 2. The zero-order valence-corrected chi connectivity index (χ0v) is 6.18. The molecule has 0 aromatic carbocycles. The van der Waals surface area contributed by atoms with Gasteiger partial charge in [-0.15, -0.1) is 0 Å². The predicted octanol–water partition coefficient (Wildman–Crippen LogP) is 0.545. The van der Waals surface area contributed by atoms with Crippen molar-refractivity contribution in [2.45, 2.75) is 6.04 Å². The van der Waals surface area contributed by atoms with E-state index in [0.717, 1.165) is 13.1 Å². The molecule has 60 valence electrons. The van der Waals surface area contributed by atoms with Crippen LogP contribution in [0, 0.1) is 5.92 Å². The minimum Gasteiger partial charge on any atom is -0.381 e. The van der Waals surface area contributed by atoms with Gasteiger partial charge in [0, 0.05) is 19.0 Å². The summed E-state index contributed by atoms with van der Waals surface area (Å²) in [6.07, 6.45) is 5.02. The third-order valence-electron chi connectivity index (χ3n) is 2.21. The highest BCUT2D eigenvalue weighted by Gasteiger charge is 2.29. The van der Waals surface area contributed by atoms with Crippen molar-refractivity contribution in [3.63, 3.8) is 0 Å². The summed E-state index contributed by atoms with van der Waals surface area (Å²) in [5, 5.41) is 6.13. The van der Waals surface area contributed by atoms with Gasteiger partial charge >= 0.3 is 0 Å². The maximum atomic E-state index is 13.0. The van der Waals surface area contributed by atoms with Crippen LogP contribution in [0.25, 0.3) is 0 Å². The second-order valence-electron chi connectivity index (χ2n) is 2.97. The first kappa shape index (κ1) is 6.85. The van der Waals surface area contributed by atoms with Crippen LogP contribution in [0.3, 0.4) is 0 Å². The topological polar surface area (TPSA) is 24.1 Å². The van der Waals surface area contributed by atoms with Crippen LogP contribution in [-0.4, -0.2) is 19.1 Å². The number of hydrogen-bond donors (Lipinski definition) is 2. The lowest BCUT2D eigenvalue weighted by Crippen LogP contribution is -2.53. The van der Waals surface area contributed by atoms with E-state index in [1.807, 2.05) is 0 Å². The molecule has 1 fully saturated rings. The summed E-state index contributed by atoms with van der Waals surface area (Å²) in [7, 11) is 0. The molecule has 0 amide bonds. The Morgan fingerprint density at radius 1 is 1.45 bits per heavy atom. The number of rotatable bonds is 1. The van der Waals surface area contributed by atoms with Crippen molar-refractivity contribution >= 4 is 0 Å². The Labute approximate surface area is 65.2 Å². The van der Waals surface area contributed by atoms with Crippen LogP contribution in [0.4, 0.5) is 4.39 Å². The van der Waals surface area contributed by atoms with Crippen molar-refractivity contribution in [1.82, 2.24) is 10.6 Å². The van der Waals surface area contributed by atoms with Crippen molar-refractivity contribution in [2.75, 3.05) is 13.1 Å². The van der Waals surface area contributed by atoms with Gasteiger partial charge < -0.3 is 10.6 Å². The number of hydrogen-bond acceptors (Lipinski definition) is 2. The van der Waals surface area contributed by atoms with Crippen LogP contribution in [0.1, 0.15) is 0 Å². The molecule has 2 aliphatic heterocycles. The van der Waals surface area contributed by atoms with E-state index in [4.69, 9.17) is 0 Å². The normalized spacial score (nSPS) is 30.6. The minimum atomic E-state index is -0.0822. The first-order valence-electron chi connectivity index (χ1n) is 3.87. The fourth-order valence-electron chi connectivity index (χ4n) is 1.39. The predicted molar refractivity (Wildman–Crippen MR) is 41.6 cm³/mol. The largest absolute Gasteiger partial charge is 0.381 e. The first-order valence-corrected chi connectivity index (χ1v) is 3.87. The van der Waals surface area contributed by atoms with Crippen molar-refractivity contribution < 1.29 is 4.39 Å². The second kappa shape index (κ2) is 2.66. The molecule has 3 heteroatoms. The van der Waals surface area contributed by atoms with Gasteiger partial charge in [-0.25, -0.2) is 4.39 Å². The Bertz CT molecular complexity index is 206. The van der Waals surface area contributed by atoms with Crippen molar-refractivity contribution in [1.29, 1.82) is 0 Å². The molecule has 11 heavy (non-hydrogen) atoms. The molecule has 1 saturated heterocycles. The van der Waals surface area contributed by atoms with Gasteiger partial charge in [0.1, 0.15) is 5.83 Å². The number of dihydropyridines is 1. The molecular formula is C8H11FN2. The Kier molecular flexibility index (Phi) is 1.66. The Morgan fingerprint density at radius 3 is 2.82 bits per heavy atom. The van der Waals surface area contributed by atoms with Crippen molar-refractivity contribution in [3.05, 3.63) is 24.2 Å². The minimum absolute atomic E-state index is 0.0426. The van der Waals surface area contributed by atoms with E-state index in [9.17, 15) is 4.39 Å². The quantitative estimate of drug-likeness (QED) is 0.576. The summed E-state index contributed by atoms with van der Waals surface area (Å²) >= 11 is 0. The summed E-state index contributed by atoms with van der Waals surface area (Å²) in [4.78, 5) is 0. The molecule has 0 saturated carbocycles. The van der Waals surface area contributed by atoms with Crippen LogP contribution in [0.5, 0.6) is 0 Å². The molecule has 2 nitrogen and oxygen atoms in total. The van der Waals surface area contributed by atoms with Crippen LogP contribution in [-0.2, 0) is 0 Å². The fraction of sp³-hybridized carbons (Fsp3) is 0.500. The third-order valence-corrected chi connectivity index (χ3v) is 2.21. The smallest absolute Gasteiger partial charge is 0.123 e. The van der Waals surface area contributed by atoms with Crippen LogP contribution in [0.15, 0.2) is 24.2 Å². The van der Waals surface area contributed by atoms with Crippen LogP contribution < -0.4 is 10.6 Å². The van der Waals surface area contributed by atoms with E-state index in [1.54, 1.807) is 12.3 Å². The lowest BCUT2D eigenvalue weighted by atomic mass is 9.92. The Morgan fingerprint density at radius 2 is 2.27 bits per heavy atom. The molecule has 0 aliphatic carbocycles.